The molecule has 0 spiro atoms. The summed E-state index contributed by atoms with van der Waals surface area (Å²) in [6.07, 6.45) is 0. The molecule has 0 saturated heterocycles. The third-order valence-electron chi connectivity index (χ3n) is 2.83. The van der Waals surface area contributed by atoms with Crippen LogP contribution in [0.4, 0.5) is 0 Å². The lowest BCUT2D eigenvalue weighted by Gasteiger charge is -2.23. The molecule has 0 aliphatic heterocycles. The van der Waals surface area contributed by atoms with Crippen LogP contribution in [-0.4, -0.2) is 6.54 Å². The summed E-state index contributed by atoms with van der Waals surface area (Å²) >= 11 is 0. The number of hydrogen-bond acceptors (Lipinski definition) is 2. The highest BCUT2D eigenvalue weighted by Crippen LogP contribution is 2.22. The van der Waals surface area contributed by atoms with Crippen LogP contribution in [0, 0.1) is 0 Å². The Kier molecular flexibility index (Phi) is 2.47. The second kappa shape index (κ2) is 3.65. The Bertz CT molecular complexity index is 475. The lowest BCUT2D eigenvalue weighted by Crippen LogP contribution is -2.40. The van der Waals surface area contributed by atoms with Gasteiger partial charge < -0.3 is 11.5 Å². The topological polar surface area (TPSA) is 52.0 Å². The van der Waals surface area contributed by atoms with Gasteiger partial charge in [0.25, 0.3) is 0 Å². The van der Waals surface area contributed by atoms with Crippen molar-refractivity contribution in [1.29, 1.82) is 0 Å². The maximum absolute atomic E-state index is 6.10. The third kappa shape index (κ3) is 1.87. The fourth-order valence-corrected chi connectivity index (χ4v) is 1.66. The van der Waals surface area contributed by atoms with E-state index in [2.05, 4.69) is 30.3 Å². The fraction of sp³-hybridized carbons (Fsp3) is 0.231. The summed E-state index contributed by atoms with van der Waals surface area (Å²) in [4.78, 5) is 0. The van der Waals surface area contributed by atoms with Gasteiger partial charge in [0.15, 0.2) is 0 Å². The van der Waals surface area contributed by atoms with Gasteiger partial charge in [-0.25, -0.2) is 0 Å². The molecule has 0 aliphatic rings. The predicted octanol–water partition coefficient (Wildman–Crippen LogP) is 1.97. The zero-order valence-corrected chi connectivity index (χ0v) is 8.90. The Morgan fingerprint density at radius 2 is 1.73 bits per heavy atom. The number of fused-ring (bicyclic) bond motifs is 1. The van der Waals surface area contributed by atoms with Gasteiger partial charge >= 0.3 is 0 Å². The Hall–Kier alpha value is -1.38. The summed E-state index contributed by atoms with van der Waals surface area (Å²) in [7, 11) is 0. The lowest BCUT2D eigenvalue weighted by atomic mass is 9.91. The SMILES string of the molecule is CC(N)(CN)c1ccc2ccccc2c1. The van der Waals surface area contributed by atoms with Crippen molar-refractivity contribution in [1.82, 2.24) is 0 Å². The zero-order valence-electron chi connectivity index (χ0n) is 8.90. The first-order chi connectivity index (χ1) is 7.13. The van der Waals surface area contributed by atoms with Crippen molar-refractivity contribution in [3.8, 4) is 0 Å². The van der Waals surface area contributed by atoms with Crippen molar-refractivity contribution >= 4 is 10.8 Å². The minimum Gasteiger partial charge on any atom is -0.328 e. The molecule has 0 radical (unpaired) electrons. The second-order valence-electron chi connectivity index (χ2n) is 4.18. The van der Waals surface area contributed by atoms with Gasteiger partial charge in [0.05, 0.1) is 5.54 Å². The maximum Gasteiger partial charge on any atom is 0.0505 e. The molecule has 0 aromatic heterocycles. The first-order valence-electron chi connectivity index (χ1n) is 5.12. The van der Waals surface area contributed by atoms with E-state index >= 15 is 0 Å². The van der Waals surface area contributed by atoms with E-state index in [0.29, 0.717) is 6.54 Å². The highest BCUT2D eigenvalue weighted by atomic mass is 14.8. The van der Waals surface area contributed by atoms with Gasteiger partial charge in [0.1, 0.15) is 0 Å². The first kappa shape index (κ1) is 10.1. The monoisotopic (exact) mass is 200 g/mol. The molecule has 2 aromatic carbocycles. The summed E-state index contributed by atoms with van der Waals surface area (Å²) in [6, 6.07) is 14.5. The Balaban J connectivity index is 2.56. The molecule has 4 N–H and O–H groups in total. The van der Waals surface area contributed by atoms with E-state index < -0.39 is 5.54 Å². The van der Waals surface area contributed by atoms with Crippen molar-refractivity contribution < 1.29 is 0 Å². The number of nitrogens with two attached hydrogens (primary N) is 2. The van der Waals surface area contributed by atoms with Gasteiger partial charge in [0, 0.05) is 6.54 Å². The van der Waals surface area contributed by atoms with Gasteiger partial charge in [0.2, 0.25) is 0 Å². The van der Waals surface area contributed by atoms with Crippen LogP contribution in [0.25, 0.3) is 10.8 Å². The normalized spacial score (nSPS) is 15.1. The van der Waals surface area contributed by atoms with Crippen molar-refractivity contribution in [3.05, 3.63) is 48.0 Å². The quantitative estimate of drug-likeness (QED) is 0.778. The zero-order chi connectivity index (χ0) is 10.9. The smallest absolute Gasteiger partial charge is 0.0505 e. The molecule has 0 saturated carbocycles. The van der Waals surface area contributed by atoms with E-state index in [1.165, 1.54) is 10.8 Å². The van der Waals surface area contributed by atoms with Crippen LogP contribution in [0.1, 0.15) is 12.5 Å². The molecule has 15 heavy (non-hydrogen) atoms. The fourth-order valence-electron chi connectivity index (χ4n) is 1.66. The molecule has 1 atom stereocenters. The van der Waals surface area contributed by atoms with Crippen LogP contribution in [0.5, 0.6) is 0 Å². The van der Waals surface area contributed by atoms with E-state index in [4.69, 9.17) is 11.5 Å². The largest absolute Gasteiger partial charge is 0.328 e. The Labute approximate surface area is 89.9 Å². The Morgan fingerprint density at radius 1 is 1.07 bits per heavy atom. The maximum atomic E-state index is 6.10. The molecule has 0 bridgehead atoms. The van der Waals surface area contributed by atoms with Crippen LogP contribution >= 0.6 is 0 Å². The van der Waals surface area contributed by atoms with Crippen LogP contribution < -0.4 is 11.5 Å². The number of hydrogen-bond donors (Lipinski definition) is 2. The summed E-state index contributed by atoms with van der Waals surface area (Å²) in [5.74, 6) is 0. The summed E-state index contributed by atoms with van der Waals surface area (Å²) in [5, 5.41) is 2.44. The van der Waals surface area contributed by atoms with Gasteiger partial charge in [-0.3, -0.25) is 0 Å². The van der Waals surface area contributed by atoms with Crippen molar-refractivity contribution in [3.63, 3.8) is 0 Å². The number of rotatable bonds is 2. The average molecular weight is 200 g/mol. The van der Waals surface area contributed by atoms with E-state index in [0.717, 1.165) is 5.56 Å². The van der Waals surface area contributed by atoms with Crippen LogP contribution in [0.3, 0.4) is 0 Å². The van der Waals surface area contributed by atoms with Gasteiger partial charge in [-0.05, 0) is 29.3 Å². The molecule has 2 nitrogen and oxygen atoms in total. The van der Waals surface area contributed by atoms with Crippen molar-refractivity contribution in [2.45, 2.75) is 12.5 Å². The standard InChI is InChI=1S/C13H16N2/c1-13(15,9-14)12-7-6-10-4-2-3-5-11(10)8-12/h2-8H,9,14-15H2,1H3. The molecule has 0 fully saturated rings. The summed E-state index contributed by atoms with van der Waals surface area (Å²) < 4.78 is 0. The molecule has 0 aliphatic carbocycles. The van der Waals surface area contributed by atoms with E-state index in [9.17, 15) is 0 Å². The second-order valence-corrected chi connectivity index (χ2v) is 4.18. The molecular formula is C13H16N2. The molecule has 0 heterocycles. The number of benzene rings is 2. The van der Waals surface area contributed by atoms with Crippen molar-refractivity contribution in [2.75, 3.05) is 6.54 Å². The average Bonchev–Trinajstić information content (AvgIpc) is 2.28. The van der Waals surface area contributed by atoms with Crippen LogP contribution in [0.15, 0.2) is 42.5 Å². The van der Waals surface area contributed by atoms with E-state index in [1.807, 2.05) is 19.1 Å². The van der Waals surface area contributed by atoms with Crippen molar-refractivity contribution in [2.24, 2.45) is 11.5 Å². The highest BCUT2D eigenvalue weighted by Gasteiger charge is 2.18. The molecule has 0 amide bonds. The third-order valence-corrected chi connectivity index (χ3v) is 2.83. The highest BCUT2D eigenvalue weighted by molar-refractivity contribution is 5.83. The van der Waals surface area contributed by atoms with E-state index in [-0.39, 0.29) is 0 Å². The molecule has 2 rings (SSSR count). The molecule has 78 valence electrons. The first-order valence-corrected chi connectivity index (χ1v) is 5.12. The predicted molar refractivity (Wildman–Crippen MR) is 64.5 cm³/mol. The molecular weight excluding hydrogens is 184 g/mol. The minimum atomic E-state index is -0.440. The van der Waals surface area contributed by atoms with E-state index in [1.54, 1.807) is 0 Å². The van der Waals surface area contributed by atoms with Gasteiger partial charge in [-0.1, -0.05) is 36.4 Å². The lowest BCUT2D eigenvalue weighted by molar-refractivity contribution is 0.508. The summed E-state index contributed by atoms with van der Waals surface area (Å²) in [6.45, 7) is 2.41. The molecule has 2 aromatic rings. The van der Waals surface area contributed by atoms with Gasteiger partial charge in [-0.2, -0.15) is 0 Å². The summed E-state index contributed by atoms with van der Waals surface area (Å²) in [5.41, 5.74) is 12.4. The molecule has 2 heteroatoms. The van der Waals surface area contributed by atoms with Gasteiger partial charge in [-0.15, -0.1) is 0 Å². The van der Waals surface area contributed by atoms with Crippen LogP contribution in [0.2, 0.25) is 0 Å². The van der Waals surface area contributed by atoms with Crippen LogP contribution in [-0.2, 0) is 5.54 Å². The Morgan fingerprint density at radius 3 is 2.40 bits per heavy atom. The molecule has 1 unspecified atom stereocenters. The minimum absolute atomic E-state index is 0.440.